The number of likely N-dealkylation sites (tertiary alicyclic amines) is 1. The highest BCUT2D eigenvalue weighted by Gasteiger charge is 2.26. The lowest BCUT2D eigenvalue weighted by Gasteiger charge is -2.32. The second kappa shape index (κ2) is 8.13. The topological polar surface area (TPSA) is 108 Å². The standard InChI is InChI=1S/C17H24N4O5S/c1-27(24,25)19-15-3-2-8-20(12-15)16(22)18-14-6-4-13(5-7-14)11-21-9-10-26-17(21)23/h4-7,15,19H,2-3,8-12H2,1H3,(H,18,22). The monoisotopic (exact) mass is 396 g/mol. The van der Waals surface area contributed by atoms with E-state index in [0.717, 1.165) is 18.2 Å². The van der Waals surface area contributed by atoms with Gasteiger partial charge in [0.15, 0.2) is 0 Å². The van der Waals surface area contributed by atoms with Crippen molar-refractivity contribution in [2.45, 2.75) is 25.4 Å². The molecule has 148 valence electrons. The number of hydrogen-bond acceptors (Lipinski definition) is 5. The maximum absolute atomic E-state index is 12.5. The van der Waals surface area contributed by atoms with Gasteiger partial charge in [0.25, 0.3) is 0 Å². The normalized spacial score (nSPS) is 20.5. The molecule has 0 spiro atoms. The summed E-state index contributed by atoms with van der Waals surface area (Å²) in [5, 5.41) is 2.83. The van der Waals surface area contributed by atoms with Gasteiger partial charge in [0.1, 0.15) is 6.61 Å². The molecule has 0 radical (unpaired) electrons. The van der Waals surface area contributed by atoms with Crippen LogP contribution < -0.4 is 10.0 Å². The summed E-state index contributed by atoms with van der Waals surface area (Å²) < 4.78 is 30.2. The van der Waals surface area contributed by atoms with E-state index in [9.17, 15) is 18.0 Å². The fourth-order valence-electron chi connectivity index (χ4n) is 3.25. The summed E-state index contributed by atoms with van der Waals surface area (Å²) in [5.74, 6) is 0. The second-order valence-electron chi connectivity index (χ2n) is 6.84. The SMILES string of the molecule is CS(=O)(=O)NC1CCCN(C(=O)Nc2ccc(CN3CCOC3=O)cc2)C1. The summed E-state index contributed by atoms with van der Waals surface area (Å²) in [6, 6.07) is 6.75. The lowest BCUT2D eigenvalue weighted by molar-refractivity contribution is 0.157. The van der Waals surface area contributed by atoms with Crippen LogP contribution in [0.3, 0.4) is 0 Å². The molecule has 2 N–H and O–H groups in total. The Bertz CT molecular complexity index is 796. The third-order valence-corrected chi connectivity index (χ3v) is 5.27. The lowest BCUT2D eigenvalue weighted by atomic mass is 10.1. The number of piperidine rings is 1. The Hall–Kier alpha value is -2.33. The zero-order valence-corrected chi connectivity index (χ0v) is 16.0. The molecule has 0 bridgehead atoms. The van der Waals surface area contributed by atoms with Crippen molar-refractivity contribution in [3.63, 3.8) is 0 Å². The second-order valence-corrected chi connectivity index (χ2v) is 8.62. The minimum absolute atomic E-state index is 0.258. The number of nitrogens with one attached hydrogen (secondary N) is 2. The molecule has 3 rings (SSSR count). The molecule has 9 nitrogen and oxygen atoms in total. The Labute approximate surface area is 158 Å². The van der Waals surface area contributed by atoms with Crippen molar-refractivity contribution in [2.24, 2.45) is 0 Å². The van der Waals surface area contributed by atoms with Crippen LogP contribution in [0.4, 0.5) is 15.3 Å². The van der Waals surface area contributed by atoms with Crippen molar-refractivity contribution in [1.82, 2.24) is 14.5 Å². The summed E-state index contributed by atoms with van der Waals surface area (Å²) in [7, 11) is -3.30. The maximum Gasteiger partial charge on any atom is 0.410 e. The van der Waals surface area contributed by atoms with Crippen molar-refractivity contribution in [3.05, 3.63) is 29.8 Å². The zero-order chi connectivity index (χ0) is 19.4. The summed E-state index contributed by atoms with van der Waals surface area (Å²) in [6.45, 7) is 2.39. The molecular weight excluding hydrogens is 372 g/mol. The van der Waals surface area contributed by atoms with Crippen LogP contribution in [-0.4, -0.2) is 68.9 Å². The third-order valence-electron chi connectivity index (χ3n) is 4.51. The van der Waals surface area contributed by atoms with Gasteiger partial charge < -0.3 is 19.9 Å². The van der Waals surface area contributed by atoms with Gasteiger partial charge in [-0.15, -0.1) is 0 Å². The molecule has 27 heavy (non-hydrogen) atoms. The largest absolute Gasteiger partial charge is 0.448 e. The minimum Gasteiger partial charge on any atom is -0.448 e. The van der Waals surface area contributed by atoms with Crippen molar-refractivity contribution in [1.29, 1.82) is 0 Å². The molecule has 0 aliphatic carbocycles. The van der Waals surface area contributed by atoms with Crippen LogP contribution in [0.15, 0.2) is 24.3 Å². The summed E-state index contributed by atoms with van der Waals surface area (Å²) >= 11 is 0. The molecule has 2 aliphatic rings. The van der Waals surface area contributed by atoms with Crippen LogP contribution in [0, 0.1) is 0 Å². The quantitative estimate of drug-likeness (QED) is 0.777. The maximum atomic E-state index is 12.5. The first-order chi connectivity index (χ1) is 12.8. The van der Waals surface area contributed by atoms with E-state index in [1.807, 2.05) is 12.1 Å². The first kappa shape index (κ1) is 19.4. The van der Waals surface area contributed by atoms with E-state index in [1.54, 1.807) is 21.9 Å². The Morgan fingerprint density at radius 1 is 1.26 bits per heavy atom. The van der Waals surface area contributed by atoms with E-state index in [-0.39, 0.29) is 18.2 Å². The van der Waals surface area contributed by atoms with E-state index in [0.29, 0.717) is 44.9 Å². The van der Waals surface area contributed by atoms with Crippen LogP contribution >= 0.6 is 0 Å². The van der Waals surface area contributed by atoms with E-state index >= 15 is 0 Å². The molecule has 3 amide bonds. The molecule has 0 saturated carbocycles. The van der Waals surface area contributed by atoms with Crippen molar-refractivity contribution < 1.29 is 22.7 Å². The van der Waals surface area contributed by atoms with Crippen LogP contribution in [-0.2, 0) is 21.3 Å². The molecule has 10 heteroatoms. The number of benzene rings is 1. The summed E-state index contributed by atoms with van der Waals surface area (Å²) in [5.41, 5.74) is 1.59. The molecule has 1 unspecified atom stereocenters. The number of hydrogen-bond donors (Lipinski definition) is 2. The summed E-state index contributed by atoms with van der Waals surface area (Å²) in [6.07, 6.45) is 2.26. The highest BCUT2D eigenvalue weighted by molar-refractivity contribution is 7.88. The molecule has 0 aromatic heterocycles. The van der Waals surface area contributed by atoms with E-state index < -0.39 is 10.0 Å². The number of anilines is 1. The Kier molecular flexibility index (Phi) is 5.85. The van der Waals surface area contributed by atoms with Crippen LogP contribution in [0.1, 0.15) is 18.4 Å². The number of urea groups is 1. The van der Waals surface area contributed by atoms with Gasteiger partial charge in [0, 0.05) is 31.4 Å². The molecule has 2 saturated heterocycles. The van der Waals surface area contributed by atoms with E-state index in [4.69, 9.17) is 4.74 Å². The number of amides is 3. The van der Waals surface area contributed by atoms with Crippen LogP contribution in [0.25, 0.3) is 0 Å². The molecule has 1 aromatic rings. The highest BCUT2D eigenvalue weighted by atomic mass is 32.2. The molecule has 2 fully saturated rings. The third kappa shape index (κ3) is 5.57. The smallest absolute Gasteiger partial charge is 0.410 e. The highest BCUT2D eigenvalue weighted by Crippen LogP contribution is 2.16. The Balaban J connectivity index is 1.53. The Morgan fingerprint density at radius 2 is 2.00 bits per heavy atom. The number of rotatable bonds is 5. The van der Waals surface area contributed by atoms with Gasteiger partial charge in [-0.1, -0.05) is 12.1 Å². The van der Waals surface area contributed by atoms with Gasteiger partial charge in [-0.05, 0) is 30.5 Å². The van der Waals surface area contributed by atoms with Gasteiger partial charge >= 0.3 is 12.1 Å². The number of carbonyl (C=O) groups excluding carboxylic acids is 2. The van der Waals surface area contributed by atoms with E-state index in [1.165, 1.54) is 0 Å². The zero-order valence-electron chi connectivity index (χ0n) is 15.2. The van der Waals surface area contributed by atoms with Gasteiger partial charge in [0.05, 0.1) is 12.8 Å². The Morgan fingerprint density at radius 3 is 2.63 bits per heavy atom. The van der Waals surface area contributed by atoms with Crippen molar-refractivity contribution in [3.8, 4) is 0 Å². The molecule has 1 atom stereocenters. The number of carbonyl (C=O) groups is 2. The first-order valence-electron chi connectivity index (χ1n) is 8.84. The molecular formula is C17H24N4O5S. The van der Waals surface area contributed by atoms with Crippen molar-refractivity contribution in [2.75, 3.05) is 37.8 Å². The van der Waals surface area contributed by atoms with Crippen molar-refractivity contribution >= 4 is 27.8 Å². The predicted octanol–water partition coefficient (Wildman–Crippen LogP) is 1.18. The lowest BCUT2D eigenvalue weighted by Crippen LogP contribution is -2.50. The average molecular weight is 396 g/mol. The summed E-state index contributed by atoms with van der Waals surface area (Å²) in [4.78, 5) is 27.2. The number of ether oxygens (including phenoxy) is 1. The fraction of sp³-hybridized carbons (Fsp3) is 0.529. The van der Waals surface area contributed by atoms with E-state index in [2.05, 4.69) is 10.0 Å². The average Bonchev–Trinajstić information content (AvgIpc) is 3.00. The minimum atomic E-state index is -3.30. The van der Waals surface area contributed by atoms with Gasteiger partial charge in [-0.2, -0.15) is 0 Å². The molecule has 2 aliphatic heterocycles. The fourth-order valence-corrected chi connectivity index (χ4v) is 4.04. The number of nitrogens with zero attached hydrogens (tertiary/aromatic N) is 2. The van der Waals surface area contributed by atoms with Crippen LogP contribution in [0.5, 0.6) is 0 Å². The number of sulfonamides is 1. The van der Waals surface area contributed by atoms with Gasteiger partial charge in [-0.3, -0.25) is 0 Å². The van der Waals surface area contributed by atoms with Gasteiger partial charge in [0.2, 0.25) is 10.0 Å². The first-order valence-corrected chi connectivity index (χ1v) is 10.7. The van der Waals surface area contributed by atoms with Crippen LogP contribution in [0.2, 0.25) is 0 Å². The molecule has 1 aromatic carbocycles. The predicted molar refractivity (Wildman–Crippen MR) is 99.8 cm³/mol. The van der Waals surface area contributed by atoms with Gasteiger partial charge in [-0.25, -0.2) is 22.7 Å². The number of cyclic esters (lactones) is 1. The molecule has 2 heterocycles.